The average molecular weight is 192 g/mol. The summed E-state index contributed by atoms with van der Waals surface area (Å²) in [6.07, 6.45) is 5.18. The molecule has 2 rings (SSSR count). The summed E-state index contributed by atoms with van der Waals surface area (Å²) in [7, 11) is 0. The Labute approximate surface area is 81.4 Å². The third-order valence-electron chi connectivity index (χ3n) is 2.12. The second-order valence-corrected chi connectivity index (χ2v) is 3.17. The Hall–Kier alpha value is -1.62. The molecule has 2 N–H and O–H groups in total. The molecular formula is C9H12N4O. The number of aryl methyl sites for hydroxylation is 1. The van der Waals surface area contributed by atoms with Gasteiger partial charge in [-0.3, -0.25) is 0 Å². The molecule has 2 aromatic heterocycles. The van der Waals surface area contributed by atoms with Gasteiger partial charge in [0.25, 0.3) is 0 Å². The van der Waals surface area contributed by atoms with Crippen molar-refractivity contribution in [2.75, 3.05) is 0 Å². The van der Waals surface area contributed by atoms with Crippen molar-refractivity contribution in [3.05, 3.63) is 35.9 Å². The van der Waals surface area contributed by atoms with Gasteiger partial charge in [-0.25, -0.2) is 9.97 Å². The summed E-state index contributed by atoms with van der Waals surface area (Å²) < 4.78 is 1.90. The van der Waals surface area contributed by atoms with Gasteiger partial charge in [0, 0.05) is 11.9 Å². The molecule has 2 aromatic rings. The number of hydrogen-bond donors (Lipinski definition) is 2. The number of hydrogen-bond acceptors (Lipinski definition) is 3. The van der Waals surface area contributed by atoms with Crippen LogP contribution >= 0.6 is 0 Å². The molecule has 5 nitrogen and oxygen atoms in total. The minimum Gasteiger partial charge on any atom is -0.390 e. The van der Waals surface area contributed by atoms with Gasteiger partial charge in [-0.15, -0.1) is 0 Å². The smallest absolute Gasteiger partial charge is 0.0954 e. The number of H-pyrrole nitrogens is 1. The number of nitrogens with zero attached hydrogens (tertiary/aromatic N) is 3. The van der Waals surface area contributed by atoms with Crippen molar-refractivity contribution in [2.24, 2.45) is 0 Å². The van der Waals surface area contributed by atoms with Gasteiger partial charge in [0.15, 0.2) is 0 Å². The van der Waals surface area contributed by atoms with Gasteiger partial charge in [0.05, 0.1) is 37.2 Å². The summed E-state index contributed by atoms with van der Waals surface area (Å²) in [6.45, 7) is 2.64. The van der Waals surface area contributed by atoms with E-state index in [4.69, 9.17) is 5.11 Å². The summed E-state index contributed by atoms with van der Waals surface area (Å²) in [5.74, 6) is 0. The fourth-order valence-electron chi connectivity index (χ4n) is 1.29. The van der Waals surface area contributed by atoms with Crippen molar-refractivity contribution in [2.45, 2.75) is 20.1 Å². The molecule has 0 fully saturated rings. The molecule has 5 heteroatoms. The Morgan fingerprint density at radius 1 is 1.50 bits per heavy atom. The molecule has 0 saturated carbocycles. The molecule has 0 atom stereocenters. The number of aliphatic hydroxyl groups excluding tert-OH is 1. The van der Waals surface area contributed by atoms with Crippen molar-refractivity contribution in [3.63, 3.8) is 0 Å². The Morgan fingerprint density at radius 3 is 2.93 bits per heavy atom. The van der Waals surface area contributed by atoms with E-state index >= 15 is 0 Å². The molecule has 0 unspecified atom stereocenters. The zero-order chi connectivity index (χ0) is 9.97. The molecule has 0 aliphatic carbocycles. The Morgan fingerprint density at radius 2 is 2.36 bits per heavy atom. The first-order valence-electron chi connectivity index (χ1n) is 4.40. The van der Waals surface area contributed by atoms with E-state index in [0.29, 0.717) is 12.2 Å². The van der Waals surface area contributed by atoms with Gasteiger partial charge < -0.3 is 14.7 Å². The zero-order valence-electron chi connectivity index (χ0n) is 7.94. The van der Waals surface area contributed by atoms with Crippen molar-refractivity contribution >= 4 is 0 Å². The predicted molar refractivity (Wildman–Crippen MR) is 50.6 cm³/mol. The van der Waals surface area contributed by atoms with Crippen LogP contribution in [0.5, 0.6) is 0 Å². The van der Waals surface area contributed by atoms with Crippen LogP contribution in [0.4, 0.5) is 0 Å². The van der Waals surface area contributed by atoms with E-state index in [2.05, 4.69) is 15.0 Å². The normalized spacial score (nSPS) is 10.7. The lowest BCUT2D eigenvalue weighted by atomic mass is 10.3. The molecule has 14 heavy (non-hydrogen) atoms. The standard InChI is InChI=1S/C9H12N4O/c1-7-9(11-5-10-7)3-13-2-8(4-14)12-6-13/h2,5-6,14H,3-4H2,1H3,(H,10,11). The van der Waals surface area contributed by atoms with Crippen LogP contribution in [0.25, 0.3) is 0 Å². The summed E-state index contributed by atoms with van der Waals surface area (Å²) >= 11 is 0. The maximum Gasteiger partial charge on any atom is 0.0954 e. The topological polar surface area (TPSA) is 66.7 Å². The number of aromatic amines is 1. The summed E-state index contributed by atoms with van der Waals surface area (Å²) in [6, 6.07) is 0. The lowest BCUT2D eigenvalue weighted by Gasteiger charge is -1.98. The quantitative estimate of drug-likeness (QED) is 0.742. The molecule has 0 aliphatic heterocycles. The Bertz CT molecular complexity index is 418. The first-order chi connectivity index (χ1) is 6.79. The second-order valence-electron chi connectivity index (χ2n) is 3.17. The van der Waals surface area contributed by atoms with E-state index in [1.807, 2.05) is 17.7 Å². The first-order valence-corrected chi connectivity index (χ1v) is 4.40. The van der Waals surface area contributed by atoms with Crippen LogP contribution < -0.4 is 0 Å². The largest absolute Gasteiger partial charge is 0.390 e. The first kappa shape index (κ1) is 8.96. The highest BCUT2D eigenvalue weighted by Gasteiger charge is 2.02. The SMILES string of the molecule is Cc1[nH]cnc1Cn1cnc(CO)c1. The number of imidazole rings is 2. The molecule has 0 spiro atoms. The highest BCUT2D eigenvalue weighted by atomic mass is 16.3. The van der Waals surface area contributed by atoms with Gasteiger partial charge in [-0.05, 0) is 6.92 Å². The van der Waals surface area contributed by atoms with E-state index in [0.717, 1.165) is 11.4 Å². The van der Waals surface area contributed by atoms with E-state index in [-0.39, 0.29) is 6.61 Å². The van der Waals surface area contributed by atoms with Crippen LogP contribution in [-0.2, 0) is 13.2 Å². The van der Waals surface area contributed by atoms with Gasteiger partial charge in [-0.2, -0.15) is 0 Å². The summed E-state index contributed by atoms with van der Waals surface area (Å²) in [4.78, 5) is 11.2. The Balaban J connectivity index is 2.15. The van der Waals surface area contributed by atoms with Crippen LogP contribution in [0.1, 0.15) is 17.1 Å². The number of nitrogens with one attached hydrogen (secondary N) is 1. The number of aliphatic hydroxyl groups is 1. The lowest BCUT2D eigenvalue weighted by Crippen LogP contribution is -1.98. The third-order valence-corrected chi connectivity index (χ3v) is 2.12. The lowest BCUT2D eigenvalue weighted by molar-refractivity contribution is 0.277. The minimum absolute atomic E-state index is 0.0213. The third kappa shape index (κ3) is 1.67. The molecule has 0 saturated heterocycles. The van der Waals surface area contributed by atoms with Gasteiger partial charge in [0.2, 0.25) is 0 Å². The monoisotopic (exact) mass is 192 g/mol. The second kappa shape index (κ2) is 3.63. The highest BCUT2D eigenvalue weighted by molar-refractivity contribution is 5.10. The van der Waals surface area contributed by atoms with Crippen molar-refractivity contribution in [1.82, 2.24) is 19.5 Å². The fraction of sp³-hybridized carbons (Fsp3) is 0.333. The maximum absolute atomic E-state index is 8.83. The predicted octanol–water partition coefficient (Wildman–Crippen LogP) is 0.455. The molecule has 0 aliphatic rings. The van der Waals surface area contributed by atoms with E-state index in [1.54, 1.807) is 12.7 Å². The van der Waals surface area contributed by atoms with Crippen molar-refractivity contribution < 1.29 is 5.11 Å². The summed E-state index contributed by atoms with van der Waals surface area (Å²) in [5.41, 5.74) is 2.73. The van der Waals surface area contributed by atoms with Crippen LogP contribution in [-0.4, -0.2) is 24.6 Å². The maximum atomic E-state index is 8.83. The molecule has 0 amide bonds. The number of rotatable bonds is 3. The van der Waals surface area contributed by atoms with Crippen molar-refractivity contribution in [3.8, 4) is 0 Å². The van der Waals surface area contributed by atoms with Crippen molar-refractivity contribution in [1.29, 1.82) is 0 Å². The van der Waals surface area contributed by atoms with Crippen LogP contribution in [0.15, 0.2) is 18.9 Å². The van der Waals surface area contributed by atoms with E-state index < -0.39 is 0 Å². The molecule has 0 aromatic carbocycles. The van der Waals surface area contributed by atoms with E-state index in [9.17, 15) is 0 Å². The highest BCUT2D eigenvalue weighted by Crippen LogP contribution is 2.04. The molecule has 0 radical (unpaired) electrons. The zero-order valence-corrected chi connectivity index (χ0v) is 7.94. The Kier molecular flexibility index (Phi) is 2.32. The molecular weight excluding hydrogens is 180 g/mol. The minimum atomic E-state index is -0.0213. The van der Waals surface area contributed by atoms with Gasteiger partial charge in [-0.1, -0.05) is 0 Å². The fourth-order valence-corrected chi connectivity index (χ4v) is 1.29. The molecule has 2 heterocycles. The van der Waals surface area contributed by atoms with Gasteiger partial charge >= 0.3 is 0 Å². The van der Waals surface area contributed by atoms with Crippen LogP contribution in [0, 0.1) is 6.92 Å². The summed E-state index contributed by atoms with van der Waals surface area (Å²) in [5, 5.41) is 8.83. The van der Waals surface area contributed by atoms with Crippen LogP contribution in [0.2, 0.25) is 0 Å². The van der Waals surface area contributed by atoms with E-state index in [1.165, 1.54) is 0 Å². The average Bonchev–Trinajstić information content (AvgIpc) is 2.77. The molecule has 74 valence electrons. The molecule has 0 bridgehead atoms. The van der Waals surface area contributed by atoms with Crippen LogP contribution in [0.3, 0.4) is 0 Å². The number of aromatic nitrogens is 4. The van der Waals surface area contributed by atoms with Gasteiger partial charge in [0.1, 0.15) is 0 Å².